The Kier molecular flexibility index (Phi) is 2.54. The van der Waals surface area contributed by atoms with Crippen LogP contribution in [-0.4, -0.2) is 25.3 Å². The minimum absolute atomic E-state index is 0.121. The summed E-state index contributed by atoms with van der Waals surface area (Å²) in [7, 11) is 0. The van der Waals surface area contributed by atoms with Gasteiger partial charge in [-0.25, -0.2) is 9.97 Å². The Labute approximate surface area is 138 Å². The highest BCUT2D eigenvalue weighted by molar-refractivity contribution is 6.01. The highest BCUT2D eigenvalue weighted by Gasteiger charge is 2.69. The molecule has 3 aromatic rings. The summed E-state index contributed by atoms with van der Waals surface area (Å²) < 4.78 is 2.31. The number of aromatic nitrogens is 4. The number of rotatable bonds is 5. The molecule has 0 aromatic carbocycles. The van der Waals surface area contributed by atoms with Crippen molar-refractivity contribution in [3.05, 3.63) is 24.8 Å². The molecule has 1 N–H and O–H groups in total. The topological polar surface area (TPSA) is 87.4 Å². The van der Waals surface area contributed by atoms with Crippen LogP contribution in [0.15, 0.2) is 24.8 Å². The van der Waals surface area contributed by atoms with Gasteiger partial charge in [0.05, 0.1) is 24.1 Å². The number of nitrogens with one attached hydrogen (secondary N) is 1. The number of pyridine rings is 1. The fourth-order valence-electron chi connectivity index (χ4n) is 4.95. The zero-order valence-corrected chi connectivity index (χ0v) is 13.2. The third kappa shape index (κ3) is 1.67. The highest BCUT2D eigenvalue weighted by Crippen LogP contribution is 2.73. The Morgan fingerprint density at radius 1 is 1.38 bits per heavy atom. The van der Waals surface area contributed by atoms with Gasteiger partial charge in [-0.1, -0.05) is 0 Å². The molecule has 0 spiro atoms. The van der Waals surface area contributed by atoms with E-state index in [1.54, 1.807) is 0 Å². The van der Waals surface area contributed by atoms with Crippen LogP contribution >= 0.6 is 0 Å². The van der Waals surface area contributed by atoms with Crippen molar-refractivity contribution >= 4 is 27.9 Å². The van der Waals surface area contributed by atoms with E-state index in [2.05, 4.69) is 31.7 Å². The number of nitriles is 1. The molecule has 120 valence electrons. The first-order valence-electron chi connectivity index (χ1n) is 8.33. The maximum atomic E-state index is 12.0. The van der Waals surface area contributed by atoms with Crippen molar-refractivity contribution < 1.29 is 4.79 Å². The van der Waals surface area contributed by atoms with Crippen LogP contribution in [-0.2, 0) is 10.3 Å². The Morgan fingerprint density at radius 2 is 2.21 bits per heavy atom. The van der Waals surface area contributed by atoms with Gasteiger partial charge in [-0.2, -0.15) is 5.26 Å². The van der Waals surface area contributed by atoms with E-state index in [4.69, 9.17) is 5.26 Å². The summed E-state index contributed by atoms with van der Waals surface area (Å²) in [6.45, 7) is 0. The van der Waals surface area contributed by atoms with E-state index < -0.39 is 0 Å². The molecule has 6 nitrogen and oxygen atoms in total. The maximum Gasteiger partial charge on any atom is 0.139 e. The second-order valence-corrected chi connectivity index (χ2v) is 7.47. The molecule has 24 heavy (non-hydrogen) atoms. The highest BCUT2D eigenvalue weighted by atomic mass is 16.1. The first-order valence-corrected chi connectivity index (χ1v) is 8.33. The lowest BCUT2D eigenvalue weighted by molar-refractivity contribution is -0.190. The SMILES string of the molecule is N#CCCC(=O)CC12CC(n3cnc4cnc5[nH]ccc5c43)(C1)C2. The van der Waals surface area contributed by atoms with Crippen molar-refractivity contribution in [2.24, 2.45) is 5.41 Å². The average molecular weight is 319 g/mol. The second-order valence-electron chi connectivity index (χ2n) is 7.47. The van der Waals surface area contributed by atoms with E-state index in [1.807, 2.05) is 18.7 Å². The summed E-state index contributed by atoms with van der Waals surface area (Å²) in [5.41, 5.74) is 3.25. The number of Topliss-reactive ketones (excluding diaryl/α,β-unsaturated/α-hetero) is 1. The predicted octanol–water partition coefficient (Wildman–Crippen LogP) is 3.05. The molecule has 2 bridgehead atoms. The van der Waals surface area contributed by atoms with Crippen LogP contribution in [0.2, 0.25) is 0 Å². The summed E-state index contributed by atoms with van der Waals surface area (Å²) in [4.78, 5) is 24.1. The fraction of sp³-hybridized carbons (Fsp3) is 0.444. The molecular weight excluding hydrogens is 302 g/mol. The maximum absolute atomic E-state index is 12.0. The number of imidazole rings is 1. The van der Waals surface area contributed by atoms with E-state index in [0.717, 1.165) is 41.3 Å². The fourth-order valence-corrected chi connectivity index (χ4v) is 4.95. The summed E-state index contributed by atoms with van der Waals surface area (Å²) in [5.74, 6) is 0.234. The standard InChI is InChI=1S/C18H17N5O/c19-4-1-2-12(24)6-17-8-18(9-17,10-17)23-11-22-14-7-21-16-13(15(14)23)3-5-20-16/h3,5,7,11H,1-2,6,8-10H2,(H,20,21). The van der Waals surface area contributed by atoms with Crippen molar-refractivity contribution in [1.82, 2.24) is 19.5 Å². The van der Waals surface area contributed by atoms with E-state index in [0.29, 0.717) is 19.3 Å². The summed E-state index contributed by atoms with van der Waals surface area (Å²) >= 11 is 0. The van der Waals surface area contributed by atoms with E-state index in [9.17, 15) is 4.79 Å². The molecule has 0 radical (unpaired) electrons. The minimum Gasteiger partial charge on any atom is -0.346 e. The summed E-state index contributed by atoms with van der Waals surface area (Å²) in [5, 5.41) is 9.72. The second kappa shape index (κ2) is 4.44. The smallest absolute Gasteiger partial charge is 0.139 e. The number of carbonyl (C=O) groups excluding carboxylic acids is 1. The number of hydrogen-bond acceptors (Lipinski definition) is 4. The van der Waals surface area contributed by atoms with Crippen molar-refractivity contribution in [3.63, 3.8) is 0 Å². The molecule has 6 rings (SSSR count). The first-order chi connectivity index (χ1) is 11.6. The lowest BCUT2D eigenvalue weighted by Crippen LogP contribution is -2.67. The van der Waals surface area contributed by atoms with Gasteiger partial charge in [0.1, 0.15) is 16.9 Å². The van der Waals surface area contributed by atoms with Gasteiger partial charge in [0, 0.05) is 36.4 Å². The molecular formula is C18H17N5O. The molecule has 3 fully saturated rings. The van der Waals surface area contributed by atoms with Crippen LogP contribution < -0.4 is 0 Å². The van der Waals surface area contributed by atoms with Crippen LogP contribution in [0.1, 0.15) is 38.5 Å². The number of carbonyl (C=O) groups is 1. The number of H-pyrrole nitrogens is 1. The van der Waals surface area contributed by atoms with Gasteiger partial charge in [-0.3, -0.25) is 4.79 Å². The third-order valence-electron chi connectivity index (χ3n) is 5.80. The van der Waals surface area contributed by atoms with Crippen molar-refractivity contribution in [2.75, 3.05) is 0 Å². The zero-order valence-electron chi connectivity index (χ0n) is 13.2. The van der Waals surface area contributed by atoms with E-state index >= 15 is 0 Å². The molecule has 6 heteroatoms. The van der Waals surface area contributed by atoms with Crippen molar-refractivity contribution in [1.29, 1.82) is 5.26 Å². The average Bonchev–Trinajstić information content (AvgIpc) is 3.12. The van der Waals surface area contributed by atoms with Gasteiger partial charge in [0.25, 0.3) is 0 Å². The van der Waals surface area contributed by atoms with Crippen molar-refractivity contribution in [2.45, 2.75) is 44.1 Å². The van der Waals surface area contributed by atoms with Crippen LogP contribution in [0, 0.1) is 16.7 Å². The molecule has 0 saturated heterocycles. The number of hydrogen-bond donors (Lipinski definition) is 1. The third-order valence-corrected chi connectivity index (χ3v) is 5.80. The number of fused-ring (bicyclic) bond motifs is 3. The molecule has 3 aliphatic carbocycles. The van der Waals surface area contributed by atoms with Gasteiger partial charge >= 0.3 is 0 Å². The monoisotopic (exact) mass is 319 g/mol. The van der Waals surface area contributed by atoms with Gasteiger partial charge in [0.15, 0.2) is 0 Å². The molecule has 0 amide bonds. The molecule has 3 heterocycles. The zero-order chi connectivity index (χ0) is 16.4. The Bertz CT molecular complexity index is 1000. The van der Waals surface area contributed by atoms with Gasteiger partial charge in [-0.15, -0.1) is 0 Å². The Hall–Kier alpha value is -2.68. The van der Waals surface area contributed by atoms with Crippen LogP contribution in [0.4, 0.5) is 0 Å². The minimum atomic E-state index is 0.121. The molecule has 3 aliphatic rings. The lowest BCUT2D eigenvalue weighted by atomic mass is 9.38. The summed E-state index contributed by atoms with van der Waals surface area (Å²) in [6.07, 6.45) is 10.1. The predicted molar refractivity (Wildman–Crippen MR) is 88.1 cm³/mol. The normalized spacial score (nSPS) is 27.6. The van der Waals surface area contributed by atoms with Crippen molar-refractivity contribution in [3.8, 4) is 6.07 Å². The molecule has 0 unspecified atom stereocenters. The number of ketones is 1. The Morgan fingerprint density at radius 3 is 3.00 bits per heavy atom. The van der Waals surface area contributed by atoms with Crippen LogP contribution in [0.3, 0.4) is 0 Å². The first kappa shape index (κ1) is 13.7. The molecule has 0 aliphatic heterocycles. The quantitative estimate of drug-likeness (QED) is 0.783. The molecule has 0 atom stereocenters. The van der Waals surface area contributed by atoms with Gasteiger partial charge < -0.3 is 9.55 Å². The molecule has 3 saturated carbocycles. The number of aromatic amines is 1. The van der Waals surface area contributed by atoms with Gasteiger partial charge in [0.2, 0.25) is 0 Å². The molecule has 3 aromatic heterocycles. The van der Waals surface area contributed by atoms with Gasteiger partial charge in [-0.05, 0) is 30.7 Å². The van der Waals surface area contributed by atoms with Crippen LogP contribution in [0.5, 0.6) is 0 Å². The lowest BCUT2D eigenvalue weighted by Gasteiger charge is -2.71. The van der Waals surface area contributed by atoms with E-state index in [1.165, 1.54) is 0 Å². The van der Waals surface area contributed by atoms with E-state index in [-0.39, 0.29) is 16.7 Å². The Balaban J connectivity index is 1.43. The largest absolute Gasteiger partial charge is 0.346 e. The van der Waals surface area contributed by atoms with Crippen LogP contribution in [0.25, 0.3) is 22.1 Å². The number of nitrogens with zero attached hydrogens (tertiary/aromatic N) is 4. The summed E-state index contributed by atoms with van der Waals surface area (Å²) in [6, 6.07) is 4.11.